The summed E-state index contributed by atoms with van der Waals surface area (Å²) in [7, 11) is 0. The topological polar surface area (TPSA) is 26.7 Å². The van der Waals surface area contributed by atoms with Gasteiger partial charge in [0.05, 0.1) is 6.10 Å². The predicted octanol–water partition coefficient (Wildman–Crippen LogP) is 1.73. The third-order valence-corrected chi connectivity index (χ3v) is 3.42. The van der Waals surface area contributed by atoms with Crippen LogP contribution in [0.1, 0.15) is 34.1 Å². The van der Waals surface area contributed by atoms with Crippen molar-refractivity contribution in [3.63, 3.8) is 0 Å². The smallest absolute Gasteiger partial charge is 0.0639 e. The summed E-state index contributed by atoms with van der Waals surface area (Å²) >= 11 is 0. The summed E-state index contributed by atoms with van der Waals surface area (Å²) < 4.78 is 0. The largest absolute Gasteiger partial charge is 0.392 e. The molecule has 0 amide bonds. The van der Waals surface area contributed by atoms with E-state index < -0.39 is 0 Å². The van der Waals surface area contributed by atoms with Crippen LogP contribution in [-0.2, 0) is 0 Å². The average Bonchev–Trinajstić information content (AvgIpc) is 2.26. The molecule has 100 valence electrons. The summed E-state index contributed by atoms with van der Waals surface area (Å²) in [6.07, 6.45) is 3.25. The van der Waals surface area contributed by atoms with E-state index in [1.807, 2.05) is 6.92 Å². The Morgan fingerprint density at radius 3 is 2.65 bits per heavy atom. The Labute approximate surface area is 106 Å². The van der Waals surface area contributed by atoms with E-state index in [-0.39, 0.29) is 6.10 Å². The van der Waals surface area contributed by atoms with E-state index in [0.29, 0.717) is 6.04 Å². The predicted molar refractivity (Wildman–Crippen MR) is 73.2 cm³/mol. The van der Waals surface area contributed by atoms with Gasteiger partial charge in [-0.3, -0.25) is 9.80 Å². The first-order valence-electron chi connectivity index (χ1n) is 6.80. The minimum absolute atomic E-state index is 0.214. The molecule has 0 spiro atoms. The quantitative estimate of drug-likeness (QED) is 0.741. The van der Waals surface area contributed by atoms with E-state index in [2.05, 4.69) is 36.6 Å². The van der Waals surface area contributed by atoms with Crippen LogP contribution in [0.4, 0.5) is 0 Å². The SMILES string of the molecule is CC[C@@H]1CN(CC=C(C)C)CCN1C[C@H](C)O. The molecular formula is C14H28N2O. The fraction of sp³-hybridized carbons (Fsp3) is 0.857. The van der Waals surface area contributed by atoms with Crippen LogP contribution in [0.5, 0.6) is 0 Å². The summed E-state index contributed by atoms with van der Waals surface area (Å²) in [6, 6.07) is 0.601. The van der Waals surface area contributed by atoms with Crippen LogP contribution in [0.25, 0.3) is 0 Å². The highest BCUT2D eigenvalue weighted by molar-refractivity contribution is 4.96. The molecule has 0 aromatic carbocycles. The number of hydrogen-bond acceptors (Lipinski definition) is 3. The van der Waals surface area contributed by atoms with Crippen molar-refractivity contribution < 1.29 is 5.11 Å². The van der Waals surface area contributed by atoms with Gasteiger partial charge >= 0.3 is 0 Å². The minimum atomic E-state index is -0.214. The fourth-order valence-electron chi connectivity index (χ4n) is 2.40. The molecule has 1 aliphatic heterocycles. The molecule has 1 fully saturated rings. The molecule has 0 saturated carbocycles. The standard InChI is InChI=1S/C14H28N2O/c1-5-14-11-15(7-6-12(2)3)8-9-16(14)10-13(4)17/h6,13-14,17H,5,7-11H2,1-4H3/t13-,14+/m0/s1. The van der Waals surface area contributed by atoms with Crippen molar-refractivity contribution in [1.82, 2.24) is 9.80 Å². The molecule has 0 bridgehead atoms. The third-order valence-electron chi connectivity index (χ3n) is 3.42. The number of piperazine rings is 1. The first kappa shape index (κ1) is 14.7. The van der Waals surface area contributed by atoms with Gasteiger partial charge in [0, 0.05) is 38.8 Å². The van der Waals surface area contributed by atoms with Gasteiger partial charge in [0.1, 0.15) is 0 Å². The first-order chi connectivity index (χ1) is 8.02. The van der Waals surface area contributed by atoms with Crippen LogP contribution in [0.3, 0.4) is 0 Å². The summed E-state index contributed by atoms with van der Waals surface area (Å²) in [4.78, 5) is 4.95. The van der Waals surface area contributed by atoms with E-state index in [9.17, 15) is 5.11 Å². The van der Waals surface area contributed by atoms with E-state index in [1.165, 1.54) is 5.57 Å². The molecule has 0 aliphatic carbocycles. The van der Waals surface area contributed by atoms with Gasteiger partial charge in [0.2, 0.25) is 0 Å². The van der Waals surface area contributed by atoms with Crippen molar-refractivity contribution in [2.24, 2.45) is 0 Å². The van der Waals surface area contributed by atoms with Crippen LogP contribution >= 0.6 is 0 Å². The van der Waals surface area contributed by atoms with Crippen molar-refractivity contribution in [2.75, 3.05) is 32.7 Å². The van der Waals surface area contributed by atoms with Crippen molar-refractivity contribution in [3.05, 3.63) is 11.6 Å². The lowest BCUT2D eigenvalue weighted by Gasteiger charge is -2.41. The summed E-state index contributed by atoms with van der Waals surface area (Å²) in [5, 5.41) is 9.50. The Balaban J connectivity index is 2.45. The van der Waals surface area contributed by atoms with Crippen LogP contribution in [0, 0.1) is 0 Å². The van der Waals surface area contributed by atoms with Gasteiger partial charge < -0.3 is 5.11 Å². The average molecular weight is 240 g/mol. The molecule has 1 saturated heterocycles. The number of hydrogen-bond donors (Lipinski definition) is 1. The van der Waals surface area contributed by atoms with Crippen LogP contribution in [-0.4, -0.2) is 59.8 Å². The zero-order valence-corrected chi connectivity index (χ0v) is 11.8. The van der Waals surface area contributed by atoms with Gasteiger partial charge in [-0.2, -0.15) is 0 Å². The number of rotatable bonds is 5. The molecule has 0 radical (unpaired) electrons. The van der Waals surface area contributed by atoms with E-state index >= 15 is 0 Å². The van der Waals surface area contributed by atoms with E-state index in [0.717, 1.165) is 39.1 Å². The van der Waals surface area contributed by atoms with Crippen molar-refractivity contribution in [1.29, 1.82) is 0 Å². The Bertz CT molecular complexity index is 247. The third kappa shape index (κ3) is 5.19. The Hall–Kier alpha value is -0.380. The molecule has 1 aliphatic rings. The summed E-state index contributed by atoms with van der Waals surface area (Å²) in [6.45, 7) is 13.6. The van der Waals surface area contributed by atoms with Crippen molar-refractivity contribution >= 4 is 0 Å². The second-order valence-electron chi connectivity index (χ2n) is 5.45. The van der Waals surface area contributed by atoms with Crippen LogP contribution < -0.4 is 0 Å². The summed E-state index contributed by atoms with van der Waals surface area (Å²) in [5.41, 5.74) is 1.39. The summed E-state index contributed by atoms with van der Waals surface area (Å²) in [5.74, 6) is 0. The van der Waals surface area contributed by atoms with Crippen molar-refractivity contribution in [3.8, 4) is 0 Å². The van der Waals surface area contributed by atoms with Crippen molar-refractivity contribution in [2.45, 2.75) is 46.3 Å². The second kappa shape index (κ2) is 7.14. The van der Waals surface area contributed by atoms with E-state index in [1.54, 1.807) is 0 Å². The molecule has 1 heterocycles. The number of aliphatic hydroxyl groups excluding tert-OH is 1. The zero-order valence-electron chi connectivity index (χ0n) is 11.8. The Morgan fingerprint density at radius 2 is 2.12 bits per heavy atom. The van der Waals surface area contributed by atoms with Gasteiger partial charge in [0.15, 0.2) is 0 Å². The van der Waals surface area contributed by atoms with Gasteiger partial charge in [-0.25, -0.2) is 0 Å². The van der Waals surface area contributed by atoms with Gasteiger partial charge in [0.25, 0.3) is 0 Å². The lowest BCUT2D eigenvalue weighted by molar-refractivity contribution is 0.0408. The maximum absolute atomic E-state index is 9.50. The highest BCUT2D eigenvalue weighted by Crippen LogP contribution is 2.13. The molecule has 0 aromatic rings. The second-order valence-corrected chi connectivity index (χ2v) is 5.45. The number of nitrogens with zero attached hydrogens (tertiary/aromatic N) is 2. The molecule has 0 aromatic heterocycles. The maximum atomic E-state index is 9.50. The lowest BCUT2D eigenvalue weighted by Crippen LogP contribution is -2.54. The number of aliphatic hydroxyl groups is 1. The van der Waals surface area contributed by atoms with Gasteiger partial charge in [-0.05, 0) is 27.2 Å². The highest BCUT2D eigenvalue weighted by Gasteiger charge is 2.25. The monoisotopic (exact) mass is 240 g/mol. The zero-order chi connectivity index (χ0) is 12.8. The van der Waals surface area contributed by atoms with Crippen LogP contribution in [0.2, 0.25) is 0 Å². The van der Waals surface area contributed by atoms with Gasteiger partial charge in [-0.15, -0.1) is 0 Å². The number of allylic oxidation sites excluding steroid dienone is 1. The first-order valence-corrected chi connectivity index (χ1v) is 6.80. The minimum Gasteiger partial charge on any atom is -0.392 e. The molecular weight excluding hydrogens is 212 g/mol. The molecule has 2 atom stereocenters. The molecule has 17 heavy (non-hydrogen) atoms. The Kier molecular flexibility index (Phi) is 6.17. The maximum Gasteiger partial charge on any atom is 0.0639 e. The molecule has 0 unspecified atom stereocenters. The molecule has 1 N–H and O–H groups in total. The molecule has 3 heteroatoms. The van der Waals surface area contributed by atoms with E-state index in [4.69, 9.17) is 0 Å². The molecule has 1 rings (SSSR count). The number of β-amino-alcohol motifs (C(OH)–C–C–N with tert-alkyl or cyclic N) is 1. The normalized spacial score (nSPS) is 24.6. The van der Waals surface area contributed by atoms with Crippen LogP contribution in [0.15, 0.2) is 11.6 Å². The van der Waals surface area contributed by atoms with Gasteiger partial charge in [-0.1, -0.05) is 18.6 Å². The molecule has 3 nitrogen and oxygen atoms in total. The fourth-order valence-corrected chi connectivity index (χ4v) is 2.40. The highest BCUT2D eigenvalue weighted by atomic mass is 16.3. The lowest BCUT2D eigenvalue weighted by atomic mass is 10.1. The Morgan fingerprint density at radius 1 is 1.41 bits per heavy atom.